The van der Waals surface area contributed by atoms with Gasteiger partial charge in [-0.2, -0.15) is 0 Å². The van der Waals surface area contributed by atoms with E-state index in [2.05, 4.69) is 32.3 Å². The number of anilines is 4. The minimum absolute atomic E-state index is 0.0406. The molecule has 2 fully saturated rings. The number of ether oxygens (including phenoxy) is 3. The zero-order chi connectivity index (χ0) is 61.2. The molecule has 0 spiro atoms. The van der Waals surface area contributed by atoms with Crippen LogP contribution in [0.25, 0.3) is 56.0 Å². The molecular weight excluding hydrogens is 1110 g/mol. The number of hydrogen-bond acceptors (Lipinski definition) is 13. The van der Waals surface area contributed by atoms with E-state index in [9.17, 15) is 23.9 Å². The fourth-order valence-corrected chi connectivity index (χ4v) is 12.5. The maximum absolute atomic E-state index is 16.4. The summed E-state index contributed by atoms with van der Waals surface area (Å²) in [7, 11) is 1.43. The molecule has 1 amide bonds. The van der Waals surface area contributed by atoms with Gasteiger partial charge in [0.05, 0.1) is 39.9 Å². The molecule has 8 aromatic rings. The van der Waals surface area contributed by atoms with Crippen molar-refractivity contribution in [2.24, 2.45) is 5.92 Å². The minimum atomic E-state index is -0.795. The smallest absolute Gasteiger partial charge is 0.410 e. The number of nitrogens with zero attached hydrogens (tertiary/aromatic N) is 7. The predicted molar refractivity (Wildman–Crippen MR) is 328 cm³/mol. The van der Waals surface area contributed by atoms with Gasteiger partial charge in [-0.25, -0.2) is 32.3 Å². The molecule has 0 aliphatic carbocycles. The summed E-state index contributed by atoms with van der Waals surface area (Å²) in [6, 6.07) is 25.3. The Morgan fingerprint density at radius 3 is 1.71 bits per heavy atom. The second kappa shape index (κ2) is 23.3. The Bertz CT molecular complexity index is 4070. The molecule has 86 heavy (non-hydrogen) atoms. The number of hydrogen-bond donors (Lipinski definition) is 3. The van der Waals surface area contributed by atoms with E-state index in [0.717, 1.165) is 36.6 Å². The zero-order valence-corrected chi connectivity index (χ0v) is 49.9. The van der Waals surface area contributed by atoms with Crippen molar-refractivity contribution < 1.29 is 41.7 Å². The number of benzene rings is 4. The van der Waals surface area contributed by atoms with E-state index < -0.39 is 40.7 Å². The number of methoxy groups -OCH3 is 1. The Labute approximate surface area is 496 Å². The van der Waals surface area contributed by atoms with Crippen LogP contribution in [0.15, 0.2) is 107 Å². The van der Waals surface area contributed by atoms with Gasteiger partial charge in [0.2, 0.25) is 0 Å². The van der Waals surface area contributed by atoms with Gasteiger partial charge in [-0.15, -0.1) is 0 Å². The van der Waals surface area contributed by atoms with Gasteiger partial charge in [0.1, 0.15) is 51.5 Å². The highest BCUT2D eigenvalue weighted by molar-refractivity contribution is 6.01. The summed E-state index contributed by atoms with van der Waals surface area (Å²) in [5.41, 5.74) is 2.80. The van der Waals surface area contributed by atoms with Crippen LogP contribution in [0.5, 0.6) is 11.5 Å². The zero-order valence-electron chi connectivity index (χ0n) is 49.9. The average Bonchev–Trinajstić information content (AvgIpc) is 0.752. The molecule has 0 saturated carbocycles. The second-order valence-corrected chi connectivity index (χ2v) is 24.4. The summed E-state index contributed by atoms with van der Waals surface area (Å²) in [5.74, 6) is -2.91. The van der Waals surface area contributed by atoms with Crippen LogP contribution in [0, 0.1) is 29.2 Å². The van der Waals surface area contributed by atoms with Crippen LogP contribution in [0.3, 0.4) is 0 Å². The topological polar surface area (TPSA) is 169 Å². The summed E-state index contributed by atoms with van der Waals surface area (Å²) in [6.07, 6.45) is 1.63. The average molecular weight is 1180 g/mol. The third kappa shape index (κ3) is 10.7. The number of phenols is 1. The number of aromatic nitrogens is 4. The molecule has 16 nitrogen and oxygen atoms in total. The van der Waals surface area contributed by atoms with Gasteiger partial charge in [-0.3, -0.25) is 18.7 Å². The lowest BCUT2D eigenvalue weighted by Gasteiger charge is -2.49. The quantitative estimate of drug-likeness (QED) is 0.0923. The summed E-state index contributed by atoms with van der Waals surface area (Å²) in [4.78, 5) is 57.3. The van der Waals surface area contributed by atoms with Crippen LogP contribution in [-0.4, -0.2) is 106 Å². The van der Waals surface area contributed by atoms with Gasteiger partial charge in [0.25, 0.3) is 11.1 Å². The van der Waals surface area contributed by atoms with Gasteiger partial charge >= 0.3 is 6.09 Å². The third-order valence-corrected chi connectivity index (χ3v) is 16.5. The van der Waals surface area contributed by atoms with E-state index in [1.165, 1.54) is 58.7 Å². The Kier molecular flexibility index (Phi) is 16.0. The van der Waals surface area contributed by atoms with Gasteiger partial charge in [-0.1, -0.05) is 83.1 Å². The van der Waals surface area contributed by atoms with Crippen molar-refractivity contribution in [1.29, 1.82) is 0 Å². The van der Waals surface area contributed by atoms with Crippen molar-refractivity contribution in [2.45, 2.75) is 111 Å². The first-order valence-electron chi connectivity index (χ1n) is 29.2. The standard InChI is InChI=1S/C36H41F2N5O5.C30H30F2N4O2/c1-20(2)23-11-8-9-13-27(23)43-33-24(15-26(38)30(40-33)29-25(37)12-10-14-28(29)47-19-46-7)32-31(34(43)44)39-16-22-18-41(21(3)17-42(22)32)35(45)48-36(4,5)6;1-16(2)19-7-4-5-9-23(19)36-29-20(13-22(32)26(34-29)25-21(31)8-6-10-24(25)37)28-27(30(36)38)33-14-18-12-11-17(3)15-35(18)28/h8-15,20-22,39H,16-19H2,1-7H3;4-10,13,16-18,33,37H,11-12,14-15H2,1-3H3/t21-,22+;17-,18+/m10/s1. The Hall–Kier alpha value is -8.65. The number of aromatic hydroxyl groups is 1. The number of piperidine rings is 1. The van der Waals surface area contributed by atoms with Crippen molar-refractivity contribution in [3.8, 4) is 45.4 Å². The van der Waals surface area contributed by atoms with Gasteiger partial charge in [0.15, 0.2) is 29.7 Å². The highest BCUT2D eigenvalue weighted by atomic mass is 19.1. The first-order valence-corrected chi connectivity index (χ1v) is 29.2. The lowest BCUT2D eigenvalue weighted by atomic mass is 9.91. The maximum atomic E-state index is 16.4. The van der Waals surface area contributed by atoms with Crippen molar-refractivity contribution >= 4 is 50.9 Å². The number of halogens is 4. The van der Waals surface area contributed by atoms with Gasteiger partial charge in [0, 0.05) is 62.7 Å². The van der Waals surface area contributed by atoms with Crippen LogP contribution in [0.4, 0.5) is 45.1 Å². The monoisotopic (exact) mass is 1180 g/mol. The number of amides is 1. The van der Waals surface area contributed by atoms with Crippen LogP contribution in [0.1, 0.15) is 98.1 Å². The molecule has 4 aromatic carbocycles. The fourth-order valence-electron chi connectivity index (χ4n) is 12.5. The van der Waals surface area contributed by atoms with Crippen LogP contribution >= 0.6 is 0 Å². The van der Waals surface area contributed by atoms with Gasteiger partial charge < -0.3 is 44.7 Å². The first kappa shape index (κ1) is 59.1. The maximum Gasteiger partial charge on any atom is 0.410 e. The van der Waals surface area contributed by atoms with Crippen molar-refractivity contribution in [1.82, 2.24) is 24.0 Å². The highest BCUT2D eigenvalue weighted by Crippen LogP contribution is 2.45. The van der Waals surface area contributed by atoms with E-state index in [4.69, 9.17) is 19.2 Å². The highest BCUT2D eigenvalue weighted by Gasteiger charge is 2.42. The third-order valence-electron chi connectivity index (χ3n) is 16.5. The number of carbonyl (C=O) groups is 1. The molecule has 0 radical (unpaired) electrons. The molecule has 4 aliphatic rings. The van der Waals surface area contributed by atoms with Crippen molar-refractivity contribution in [2.75, 3.05) is 67.1 Å². The van der Waals surface area contributed by atoms with Crippen LogP contribution in [0.2, 0.25) is 0 Å². The van der Waals surface area contributed by atoms with Crippen LogP contribution < -0.4 is 36.3 Å². The summed E-state index contributed by atoms with van der Waals surface area (Å²) >= 11 is 0. The van der Waals surface area contributed by atoms with E-state index in [1.807, 2.05) is 104 Å². The van der Waals surface area contributed by atoms with E-state index >= 15 is 13.2 Å². The molecule has 8 heterocycles. The molecule has 4 atom stereocenters. The lowest BCUT2D eigenvalue weighted by Crippen LogP contribution is -2.63. The molecule has 20 heteroatoms. The summed E-state index contributed by atoms with van der Waals surface area (Å²) in [5, 5.41) is 18.0. The van der Waals surface area contributed by atoms with E-state index in [1.54, 1.807) is 4.90 Å². The minimum Gasteiger partial charge on any atom is -0.507 e. The Morgan fingerprint density at radius 1 is 0.663 bits per heavy atom. The van der Waals surface area contributed by atoms with Crippen molar-refractivity contribution in [3.05, 3.63) is 152 Å². The fraction of sp³-hybridized carbons (Fsp3) is 0.379. The first-order chi connectivity index (χ1) is 41.1. The number of para-hydroxylation sites is 2. The number of carbonyl (C=O) groups excluding carboxylic acids is 1. The van der Waals surface area contributed by atoms with Crippen molar-refractivity contribution in [3.63, 3.8) is 0 Å². The SMILES string of the molecule is CC(C)c1ccccc1-n1c(=O)c2c(c3cc(F)c(-c4c(O)cccc4F)nc31)N1C[C@@H](C)CC[C@@H]1CN2.COCOc1cccc(F)c1-c1nc2c(cc1F)c1c(c(=O)n2-c2ccccc2C(C)C)NC[C@H]2CN(C(=O)OC(C)(C)C)[C@H](C)CN12. The largest absolute Gasteiger partial charge is 0.507 e. The van der Waals surface area contributed by atoms with E-state index in [-0.39, 0.29) is 87.4 Å². The number of piperazine rings is 1. The molecular formula is C66H71F4N9O7. The molecule has 0 unspecified atom stereocenters. The van der Waals surface area contributed by atoms with Crippen LogP contribution in [-0.2, 0) is 9.47 Å². The summed E-state index contributed by atoms with van der Waals surface area (Å²) < 4.78 is 81.9. The molecule has 0 bridgehead atoms. The number of nitrogens with one attached hydrogen (secondary N) is 2. The lowest BCUT2D eigenvalue weighted by molar-refractivity contribution is 0.0127. The number of fused-ring (bicyclic) bond motifs is 10. The molecule has 2 saturated heterocycles. The molecule has 3 N–H and O–H groups in total. The Morgan fingerprint density at radius 2 is 1.17 bits per heavy atom. The van der Waals surface area contributed by atoms with Gasteiger partial charge in [-0.05, 0) is 118 Å². The molecule has 450 valence electrons. The Balaban J connectivity index is 0.000000183. The number of phenolic OH excluding ortho intramolecular Hbond substituents is 1. The van der Waals surface area contributed by atoms with E-state index in [0.29, 0.717) is 77.0 Å². The summed E-state index contributed by atoms with van der Waals surface area (Å²) in [6.45, 7) is 19.9. The molecule has 4 aliphatic heterocycles. The second-order valence-electron chi connectivity index (χ2n) is 24.4. The molecule has 12 rings (SSSR count). The number of pyridine rings is 4. The number of rotatable bonds is 9. The normalized spacial score (nSPS) is 18.2. The molecule has 4 aromatic heterocycles. The predicted octanol–water partition coefficient (Wildman–Crippen LogP) is 12.9.